The van der Waals surface area contributed by atoms with E-state index >= 15 is 0 Å². The molecular formula is C34H28FN5O4S. The van der Waals surface area contributed by atoms with Crippen molar-refractivity contribution in [1.82, 2.24) is 10.6 Å². The van der Waals surface area contributed by atoms with E-state index in [1.165, 1.54) is 41.0 Å². The summed E-state index contributed by atoms with van der Waals surface area (Å²) in [7, 11) is 0. The number of benzene rings is 4. The highest BCUT2D eigenvalue weighted by Gasteiger charge is 2.27. The first kappa shape index (κ1) is 30.9. The van der Waals surface area contributed by atoms with Crippen LogP contribution in [0.5, 0.6) is 0 Å². The van der Waals surface area contributed by atoms with Gasteiger partial charge in [0.15, 0.2) is 0 Å². The van der Waals surface area contributed by atoms with Gasteiger partial charge in [-0.3, -0.25) is 19.2 Å². The van der Waals surface area contributed by atoms with Gasteiger partial charge in [-0.05, 0) is 67.6 Å². The molecule has 1 unspecified atom stereocenters. The van der Waals surface area contributed by atoms with Crippen LogP contribution in [-0.4, -0.2) is 34.7 Å². The van der Waals surface area contributed by atoms with Gasteiger partial charge in [-0.1, -0.05) is 54.6 Å². The molecule has 1 atom stereocenters. The fourth-order valence-electron chi connectivity index (χ4n) is 4.28. The average Bonchev–Trinajstić information content (AvgIpc) is 3.42. The molecule has 9 nitrogen and oxygen atoms in total. The second-order valence-corrected chi connectivity index (χ2v) is 11.3. The number of hydrazone groups is 1. The van der Waals surface area contributed by atoms with Crippen LogP contribution in [0.4, 0.5) is 15.8 Å². The molecule has 0 fully saturated rings. The van der Waals surface area contributed by atoms with Crippen LogP contribution in [0.25, 0.3) is 6.08 Å². The van der Waals surface area contributed by atoms with Crippen molar-refractivity contribution < 1.29 is 23.6 Å². The molecule has 0 spiro atoms. The minimum absolute atomic E-state index is 0.00837. The first-order valence-corrected chi connectivity index (χ1v) is 14.8. The summed E-state index contributed by atoms with van der Waals surface area (Å²) in [5, 5.41) is 13.1. The average molecular weight is 622 g/mol. The molecule has 1 aliphatic rings. The van der Waals surface area contributed by atoms with Gasteiger partial charge in [0.05, 0.1) is 17.4 Å². The van der Waals surface area contributed by atoms with Crippen LogP contribution in [0.15, 0.2) is 125 Å². The molecule has 5 rings (SSSR count). The summed E-state index contributed by atoms with van der Waals surface area (Å²) in [5.41, 5.74) is 1.38. The van der Waals surface area contributed by atoms with Crippen LogP contribution >= 0.6 is 11.8 Å². The number of nitrogens with one attached hydrogen (secondary N) is 3. The van der Waals surface area contributed by atoms with E-state index in [1.807, 2.05) is 6.07 Å². The minimum Gasteiger partial charge on any atom is -0.321 e. The molecule has 4 aromatic rings. The monoisotopic (exact) mass is 621 g/mol. The second kappa shape index (κ2) is 14.3. The zero-order chi connectivity index (χ0) is 31.8. The van der Waals surface area contributed by atoms with Crippen molar-refractivity contribution in [2.45, 2.75) is 23.5 Å². The van der Waals surface area contributed by atoms with Gasteiger partial charge >= 0.3 is 0 Å². The van der Waals surface area contributed by atoms with Crippen LogP contribution in [0.2, 0.25) is 0 Å². The number of amides is 4. The van der Waals surface area contributed by atoms with Crippen LogP contribution < -0.4 is 21.0 Å². The Bertz CT molecular complexity index is 1780. The third-order valence-corrected chi connectivity index (χ3v) is 7.68. The number of carbonyl (C=O) groups excluding carboxylic acids is 4. The van der Waals surface area contributed by atoms with E-state index in [4.69, 9.17) is 0 Å². The Morgan fingerprint density at radius 2 is 1.51 bits per heavy atom. The van der Waals surface area contributed by atoms with Gasteiger partial charge in [-0.2, -0.15) is 10.1 Å². The highest BCUT2D eigenvalue weighted by atomic mass is 32.2. The first-order chi connectivity index (χ1) is 21.8. The highest BCUT2D eigenvalue weighted by Crippen LogP contribution is 2.26. The lowest BCUT2D eigenvalue weighted by molar-refractivity contribution is -0.119. The zero-order valence-corrected chi connectivity index (χ0v) is 24.9. The molecular weight excluding hydrogens is 593 g/mol. The second-order valence-electron chi connectivity index (χ2n) is 9.89. The summed E-state index contributed by atoms with van der Waals surface area (Å²) in [6.45, 7) is 1.73. The van der Waals surface area contributed by atoms with Gasteiger partial charge in [0.1, 0.15) is 17.3 Å². The Balaban J connectivity index is 1.21. The number of thioether (sulfide) groups is 1. The summed E-state index contributed by atoms with van der Waals surface area (Å²) < 4.78 is 14.4. The van der Waals surface area contributed by atoms with Crippen molar-refractivity contribution >= 4 is 58.7 Å². The number of carbonyl (C=O) groups is 4. The Morgan fingerprint density at radius 3 is 2.20 bits per heavy atom. The molecule has 0 saturated heterocycles. The molecule has 45 heavy (non-hydrogen) atoms. The van der Waals surface area contributed by atoms with Gasteiger partial charge < -0.3 is 16.0 Å². The van der Waals surface area contributed by atoms with Gasteiger partial charge in [-0.15, -0.1) is 11.8 Å². The van der Waals surface area contributed by atoms with Crippen molar-refractivity contribution in [3.8, 4) is 0 Å². The predicted octanol–water partition coefficient (Wildman–Crippen LogP) is 5.58. The van der Waals surface area contributed by atoms with E-state index in [2.05, 4.69) is 21.1 Å². The summed E-state index contributed by atoms with van der Waals surface area (Å²) in [4.78, 5) is 52.0. The molecule has 4 aromatic carbocycles. The lowest BCUT2D eigenvalue weighted by Crippen LogP contribution is -2.35. The maximum absolute atomic E-state index is 14.4. The zero-order valence-electron chi connectivity index (χ0n) is 24.1. The van der Waals surface area contributed by atoms with Crippen LogP contribution in [0.3, 0.4) is 0 Å². The van der Waals surface area contributed by atoms with E-state index in [1.54, 1.807) is 91.9 Å². The maximum atomic E-state index is 14.4. The number of halogens is 1. The topological polar surface area (TPSA) is 120 Å². The summed E-state index contributed by atoms with van der Waals surface area (Å²) in [6, 6.07) is 30.0. The molecule has 0 aromatic heterocycles. The highest BCUT2D eigenvalue weighted by molar-refractivity contribution is 8.00. The third-order valence-electron chi connectivity index (χ3n) is 6.57. The largest absolute Gasteiger partial charge is 0.321 e. The Hall–Kier alpha value is -5.55. The van der Waals surface area contributed by atoms with Crippen molar-refractivity contribution in [3.63, 3.8) is 0 Å². The van der Waals surface area contributed by atoms with Gasteiger partial charge in [-0.25, -0.2) is 4.39 Å². The number of rotatable bonds is 9. The number of nitrogens with zero attached hydrogens (tertiary/aromatic N) is 2. The molecule has 0 bridgehead atoms. The molecule has 226 valence electrons. The van der Waals surface area contributed by atoms with Gasteiger partial charge in [0.25, 0.3) is 17.7 Å². The lowest BCUT2D eigenvalue weighted by atomic mass is 10.1. The molecule has 1 heterocycles. The van der Waals surface area contributed by atoms with Gasteiger partial charge in [0, 0.05) is 21.7 Å². The van der Waals surface area contributed by atoms with Crippen LogP contribution in [0.1, 0.15) is 29.3 Å². The lowest BCUT2D eigenvalue weighted by Gasteiger charge is -2.13. The number of anilines is 2. The van der Waals surface area contributed by atoms with E-state index in [-0.39, 0.29) is 35.3 Å². The normalized spacial score (nSPS) is 13.6. The quantitative estimate of drug-likeness (QED) is 0.167. The van der Waals surface area contributed by atoms with Crippen LogP contribution in [0, 0.1) is 5.82 Å². The molecule has 4 amide bonds. The number of para-hydroxylation sites is 1. The maximum Gasteiger partial charge on any atom is 0.272 e. The summed E-state index contributed by atoms with van der Waals surface area (Å²) in [6.07, 6.45) is 1.27. The van der Waals surface area contributed by atoms with Crippen molar-refractivity contribution in [2.75, 3.05) is 10.3 Å². The molecule has 0 radical (unpaired) electrons. The Morgan fingerprint density at radius 1 is 0.867 bits per heavy atom. The fraction of sp³-hybridized carbons (Fsp3) is 0.0882. The van der Waals surface area contributed by atoms with E-state index in [0.29, 0.717) is 16.9 Å². The standard InChI is InChI=1S/C34H28FN5O4S/c1-22(32(42)38-30-21-31(41)40(39-30)26-13-6-3-7-14-26)45-27-18-16-25(17-19-27)36-34(44)29(20-24-12-8-9-15-28(24)35)37-33(43)23-10-4-2-5-11-23/h2-20,22H,21H2,1H3,(H,36,44)(H,37,43)(H,38,39,42)/b29-20-. The van der Waals surface area contributed by atoms with Crippen molar-refractivity contribution in [2.24, 2.45) is 5.10 Å². The minimum atomic E-state index is -0.646. The summed E-state index contributed by atoms with van der Waals surface area (Å²) in [5.74, 6) is -1.98. The van der Waals surface area contributed by atoms with Gasteiger partial charge in [0.2, 0.25) is 5.91 Å². The summed E-state index contributed by atoms with van der Waals surface area (Å²) >= 11 is 1.29. The molecule has 0 saturated carbocycles. The van der Waals surface area contributed by atoms with E-state index < -0.39 is 22.9 Å². The Kier molecular flexibility index (Phi) is 9.80. The van der Waals surface area contributed by atoms with Crippen molar-refractivity contribution in [3.05, 3.63) is 132 Å². The number of hydrogen-bond acceptors (Lipinski definition) is 6. The molecule has 3 N–H and O–H groups in total. The van der Waals surface area contributed by atoms with Crippen molar-refractivity contribution in [1.29, 1.82) is 0 Å². The fourth-order valence-corrected chi connectivity index (χ4v) is 5.14. The van der Waals surface area contributed by atoms with Crippen LogP contribution in [-0.2, 0) is 14.4 Å². The third kappa shape index (κ3) is 8.09. The number of hydrogen-bond donors (Lipinski definition) is 3. The molecule has 0 aliphatic carbocycles. The van der Waals surface area contributed by atoms with E-state index in [0.717, 1.165) is 4.90 Å². The SMILES string of the molecule is CC(Sc1ccc(NC(=O)/C(=C/c2ccccc2F)NC(=O)c2ccccc2)cc1)C(=O)NC1=NN(c2ccccc2)C(=O)C1. The number of amidine groups is 1. The predicted molar refractivity (Wildman–Crippen MR) is 173 cm³/mol. The molecule has 1 aliphatic heterocycles. The first-order valence-electron chi connectivity index (χ1n) is 13.9. The Labute approximate surface area is 263 Å². The van der Waals surface area contributed by atoms with E-state index in [9.17, 15) is 23.6 Å². The smallest absolute Gasteiger partial charge is 0.272 e. The molecule has 11 heteroatoms.